The van der Waals surface area contributed by atoms with Crippen molar-refractivity contribution < 1.29 is 9.59 Å². The third kappa shape index (κ3) is 0.948. The number of terminal acetylenes is 1. The number of allylic oxidation sites excluding steroid dienone is 2. The van der Waals surface area contributed by atoms with Crippen molar-refractivity contribution in [3.8, 4) is 12.3 Å². The summed E-state index contributed by atoms with van der Waals surface area (Å²) in [5.41, 5.74) is 0. The summed E-state index contributed by atoms with van der Waals surface area (Å²) >= 11 is 0. The Kier molecular flexibility index (Phi) is 1.79. The van der Waals surface area contributed by atoms with Crippen LogP contribution in [-0.2, 0) is 9.59 Å². The number of hydrogen-bond donors (Lipinski definition) is 0. The van der Waals surface area contributed by atoms with Gasteiger partial charge < -0.3 is 0 Å². The summed E-state index contributed by atoms with van der Waals surface area (Å²) in [5, 5.41) is 0. The van der Waals surface area contributed by atoms with Crippen LogP contribution in [0.15, 0.2) is 12.2 Å². The molecule has 3 nitrogen and oxygen atoms in total. The van der Waals surface area contributed by atoms with Crippen molar-refractivity contribution in [3.05, 3.63) is 12.2 Å². The largest absolute Gasteiger partial charge is 0.274 e. The Hall–Kier alpha value is -1.56. The van der Waals surface area contributed by atoms with E-state index in [2.05, 4.69) is 18.1 Å². The first-order valence-corrected chi connectivity index (χ1v) is 5.66. The van der Waals surface area contributed by atoms with E-state index in [1.54, 1.807) is 6.92 Å². The molecule has 1 saturated carbocycles. The van der Waals surface area contributed by atoms with Gasteiger partial charge in [0.15, 0.2) is 0 Å². The van der Waals surface area contributed by atoms with Crippen LogP contribution in [0.2, 0.25) is 0 Å². The Bertz CT molecular complexity index is 415. The molecule has 0 radical (unpaired) electrons. The van der Waals surface area contributed by atoms with Crippen molar-refractivity contribution in [3.63, 3.8) is 0 Å². The Balaban J connectivity index is 1.98. The topological polar surface area (TPSA) is 37.4 Å². The molecule has 1 aliphatic heterocycles. The quantitative estimate of drug-likeness (QED) is 0.369. The third-order valence-corrected chi connectivity index (χ3v) is 4.13. The summed E-state index contributed by atoms with van der Waals surface area (Å²) in [7, 11) is 0. The number of imide groups is 1. The van der Waals surface area contributed by atoms with Crippen LogP contribution in [0.1, 0.15) is 13.3 Å². The van der Waals surface area contributed by atoms with Crippen LogP contribution in [-0.4, -0.2) is 22.8 Å². The minimum atomic E-state index is -0.412. The van der Waals surface area contributed by atoms with Crippen molar-refractivity contribution in [2.45, 2.75) is 19.4 Å². The molecular weight excluding hydrogens is 202 g/mol. The summed E-state index contributed by atoms with van der Waals surface area (Å²) in [6, 6.07) is -0.412. The summed E-state index contributed by atoms with van der Waals surface area (Å²) in [6.07, 6.45) is 10.4. The first-order chi connectivity index (χ1) is 7.65. The molecule has 3 heteroatoms. The van der Waals surface area contributed by atoms with Crippen LogP contribution in [0.4, 0.5) is 0 Å². The molecule has 16 heavy (non-hydrogen) atoms. The highest BCUT2D eigenvalue weighted by molar-refractivity contribution is 6.06. The first kappa shape index (κ1) is 9.65. The summed E-state index contributed by atoms with van der Waals surface area (Å²) < 4.78 is 0. The van der Waals surface area contributed by atoms with Gasteiger partial charge in [-0.1, -0.05) is 18.1 Å². The van der Waals surface area contributed by atoms with Gasteiger partial charge in [0, 0.05) is 0 Å². The Morgan fingerprint density at radius 1 is 1.31 bits per heavy atom. The van der Waals surface area contributed by atoms with E-state index < -0.39 is 6.04 Å². The molecule has 0 N–H and O–H groups in total. The predicted octanol–water partition coefficient (Wildman–Crippen LogP) is 0.815. The second kappa shape index (κ2) is 2.98. The maximum Gasteiger partial charge on any atom is 0.234 e. The molecule has 1 heterocycles. The first-order valence-electron chi connectivity index (χ1n) is 5.66. The van der Waals surface area contributed by atoms with Gasteiger partial charge in [-0.15, -0.1) is 6.42 Å². The van der Waals surface area contributed by atoms with E-state index in [1.807, 2.05) is 0 Å². The number of likely N-dealkylation sites (tertiary alicyclic amines) is 1. The monoisotopic (exact) mass is 215 g/mol. The van der Waals surface area contributed by atoms with E-state index in [1.165, 1.54) is 4.90 Å². The average Bonchev–Trinajstić information content (AvgIpc) is 2.92. The van der Waals surface area contributed by atoms with Gasteiger partial charge in [0.25, 0.3) is 0 Å². The van der Waals surface area contributed by atoms with Crippen LogP contribution in [0.3, 0.4) is 0 Å². The molecule has 0 spiro atoms. The number of carbonyl (C=O) groups is 2. The molecule has 1 saturated heterocycles. The fourth-order valence-electron chi connectivity index (χ4n) is 3.38. The van der Waals surface area contributed by atoms with Gasteiger partial charge in [0.05, 0.1) is 17.9 Å². The lowest BCUT2D eigenvalue weighted by atomic mass is 9.85. The van der Waals surface area contributed by atoms with E-state index >= 15 is 0 Å². The fourth-order valence-corrected chi connectivity index (χ4v) is 3.38. The molecular formula is C13H13NO2. The zero-order chi connectivity index (χ0) is 11.4. The molecule has 2 fully saturated rings. The molecule has 0 aromatic rings. The van der Waals surface area contributed by atoms with E-state index in [4.69, 9.17) is 6.42 Å². The zero-order valence-corrected chi connectivity index (χ0v) is 9.09. The lowest BCUT2D eigenvalue weighted by Crippen LogP contribution is -2.39. The SMILES string of the molecule is C#CC(C)N1C(=O)C2C3C=CC(C3)C2C1=O. The molecule has 3 rings (SSSR count). The van der Waals surface area contributed by atoms with Gasteiger partial charge in [0.1, 0.15) is 0 Å². The number of hydrogen-bond acceptors (Lipinski definition) is 2. The van der Waals surface area contributed by atoms with E-state index in [0.717, 1.165) is 6.42 Å². The lowest BCUT2D eigenvalue weighted by Gasteiger charge is -2.20. The molecule has 2 aliphatic carbocycles. The molecule has 3 aliphatic rings. The standard InChI is InChI=1S/C13H13NO2/c1-3-7(2)14-12(15)10-8-4-5-9(6-8)11(10)13(14)16/h1,4-5,7-11H,6H2,2H3. The Morgan fingerprint density at radius 2 is 1.81 bits per heavy atom. The maximum absolute atomic E-state index is 12.2. The molecule has 2 amide bonds. The number of fused-ring (bicyclic) bond motifs is 5. The summed E-state index contributed by atoms with van der Waals surface area (Å²) in [6.45, 7) is 1.73. The molecule has 2 bridgehead atoms. The maximum atomic E-state index is 12.2. The molecule has 0 aromatic carbocycles. The zero-order valence-electron chi connectivity index (χ0n) is 9.09. The van der Waals surface area contributed by atoms with E-state index in [9.17, 15) is 9.59 Å². The fraction of sp³-hybridized carbons (Fsp3) is 0.538. The highest BCUT2D eigenvalue weighted by Gasteiger charge is 2.59. The Labute approximate surface area is 94.5 Å². The van der Waals surface area contributed by atoms with Crippen molar-refractivity contribution >= 4 is 11.8 Å². The van der Waals surface area contributed by atoms with Crippen molar-refractivity contribution in [2.75, 3.05) is 0 Å². The van der Waals surface area contributed by atoms with Crippen molar-refractivity contribution in [2.24, 2.45) is 23.7 Å². The average molecular weight is 215 g/mol. The van der Waals surface area contributed by atoms with Crippen LogP contribution in [0.5, 0.6) is 0 Å². The predicted molar refractivity (Wildman–Crippen MR) is 57.9 cm³/mol. The van der Waals surface area contributed by atoms with E-state index in [-0.39, 0.29) is 35.5 Å². The van der Waals surface area contributed by atoms with Crippen molar-refractivity contribution in [1.29, 1.82) is 0 Å². The van der Waals surface area contributed by atoms with Crippen molar-refractivity contribution in [1.82, 2.24) is 4.90 Å². The van der Waals surface area contributed by atoms with Gasteiger partial charge >= 0.3 is 0 Å². The second-order valence-corrected chi connectivity index (χ2v) is 4.89. The van der Waals surface area contributed by atoms with Crippen LogP contribution in [0.25, 0.3) is 0 Å². The van der Waals surface area contributed by atoms with Crippen LogP contribution >= 0.6 is 0 Å². The van der Waals surface area contributed by atoms with Crippen LogP contribution < -0.4 is 0 Å². The van der Waals surface area contributed by atoms with Gasteiger partial charge in [0.2, 0.25) is 11.8 Å². The third-order valence-electron chi connectivity index (χ3n) is 4.13. The molecule has 82 valence electrons. The second-order valence-electron chi connectivity index (χ2n) is 4.89. The molecule has 0 aromatic heterocycles. The number of nitrogens with zero attached hydrogens (tertiary/aromatic N) is 1. The molecule has 5 unspecified atom stereocenters. The summed E-state index contributed by atoms with van der Waals surface area (Å²) in [5.74, 6) is 2.63. The number of amides is 2. The van der Waals surface area contributed by atoms with Gasteiger partial charge in [-0.05, 0) is 25.2 Å². The highest BCUT2D eigenvalue weighted by Crippen LogP contribution is 2.52. The molecule has 5 atom stereocenters. The lowest BCUT2D eigenvalue weighted by molar-refractivity contribution is -0.141. The van der Waals surface area contributed by atoms with Gasteiger partial charge in [-0.25, -0.2) is 0 Å². The van der Waals surface area contributed by atoms with E-state index in [0.29, 0.717) is 0 Å². The Morgan fingerprint density at radius 3 is 2.25 bits per heavy atom. The number of rotatable bonds is 1. The highest BCUT2D eigenvalue weighted by atomic mass is 16.2. The van der Waals surface area contributed by atoms with Gasteiger partial charge in [-0.2, -0.15) is 0 Å². The minimum absolute atomic E-state index is 0.0581. The summed E-state index contributed by atoms with van der Waals surface area (Å²) in [4.78, 5) is 25.6. The van der Waals surface area contributed by atoms with Crippen LogP contribution in [0, 0.1) is 36.0 Å². The normalized spacial score (nSPS) is 41.4. The minimum Gasteiger partial charge on any atom is -0.274 e. The van der Waals surface area contributed by atoms with Gasteiger partial charge in [-0.3, -0.25) is 14.5 Å². The number of carbonyl (C=O) groups excluding carboxylic acids is 2. The smallest absolute Gasteiger partial charge is 0.234 e.